The van der Waals surface area contributed by atoms with Crippen LogP contribution >= 0.6 is 47.2 Å². The highest BCUT2D eigenvalue weighted by Crippen LogP contribution is 2.25. The summed E-state index contributed by atoms with van der Waals surface area (Å²) in [6.45, 7) is 1.58. The lowest BCUT2D eigenvalue weighted by atomic mass is 10.3. The molecule has 2 heterocycles. The number of aromatic nitrogens is 2. The smallest absolute Gasteiger partial charge is 0.422 e. The molecule has 2 aromatic rings. The van der Waals surface area contributed by atoms with E-state index in [1.165, 1.54) is 6.20 Å². The maximum absolute atomic E-state index is 12.4. The standard InChI is InChI=1S/C17H20Cl2F3N5O.HI/c1-3-23-16(26-9-12-7-13(18)14(19)27(12)2)25-8-11-5-4-6-24-15(11)28-10-17(20,21)22;/h4-7H,3,8-10H2,1-2H3,(H2,23,25,26);1H. The van der Waals surface area contributed by atoms with Gasteiger partial charge in [0, 0.05) is 31.0 Å². The molecular formula is C17H21Cl2F3IN5O. The Morgan fingerprint density at radius 2 is 2.03 bits per heavy atom. The van der Waals surface area contributed by atoms with Crippen molar-refractivity contribution in [3.05, 3.63) is 45.8 Å². The number of rotatable bonds is 7. The zero-order valence-electron chi connectivity index (χ0n) is 15.7. The Hall–Kier alpha value is -1.40. The molecule has 0 radical (unpaired) electrons. The summed E-state index contributed by atoms with van der Waals surface area (Å²) in [5.41, 5.74) is 1.28. The van der Waals surface area contributed by atoms with Crippen LogP contribution in [0.15, 0.2) is 29.4 Å². The van der Waals surface area contributed by atoms with E-state index in [2.05, 4.69) is 20.6 Å². The van der Waals surface area contributed by atoms with Gasteiger partial charge in [0.2, 0.25) is 5.88 Å². The van der Waals surface area contributed by atoms with Gasteiger partial charge in [-0.05, 0) is 19.1 Å². The van der Waals surface area contributed by atoms with E-state index in [1.54, 1.807) is 29.8 Å². The lowest BCUT2D eigenvalue weighted by Crippen LogP contribution is -2.37. The first-order valence-electron chi connectivity index (χ1n) is 8.36. The molecule has 2 rings (SSSR count). The fraction of sp³-hybridized carbons (Fsp3) is 0.412. The van der Waals surface area contributed by atoms with Crippen LogP contribution in [0.1, 0.15) is 18.2 Å². The Bertz CT molecular complexity index is 830. The van der Waals surface area contributed by atoms with Crippen molar-refractivity contribution in [3.63, 3.8) is 0 Å². The van der Waals surface area contributed by atoms with Crippen molar-refractivity contribution in [3.8, 4) is 5.88 Å². The Labute approximate surface area is 193 Å². The fourth-order valence-corrected chi connectivity index (χ4v) is 2.68. The molecule has 12 heteroatoms. The summed E-state index contributed by atoms with van der Waals surface area (Å²) in [7, 11) is 1.79. The van der Waals surface area contributed by atoms with Crippen molar-refractivity contribution in [2.24, 2.45) is 12.0 Å². The van der Waals surface area contributed by atoms with Crippen LogP contribution in [0.3, 0.4) is 0 Å². The lowest BCUT2D eigenvalue weighted by molar-refractivity contribution is -0.154. The van der Waals surface area contributed by atoms with E-state index in [1.807, 2.05) is 6.92 Å². The van der Waals surface area contributed by atoms with Crippen LogP contribution in [0, 0.1) is 0 Å². The van der Waals surface area contributed by atoms with Crippen molar-refractivity contribution < 1.29 is 17.9 Å². The second kappa shape index (κ2) is 11.7. The first kappa shape index (κ1) is 25.6. The number of nitrogens with one attached hydrogen (secondary N) is 2. The van der Waals surface area contributed by atoms with Gasteiger partial charge in [-0.25, -0.2) is 9.98 Å². The summed E-state index contributed by atoms with van der Waals surface area (Å²) < 4.78 is 43.7. The Morgan fingerprint density at radius 3 is 2.62 bits per heavy atom. The molecule has 0 fully saturated rings. The number of hydrogen-bond acceptors (Lipinski definition) is 3. The number of nitrogens with zero attached hydrogens (tertiary/aromatic N) is 3. The zero-order valence-corrected chi connectivity index (χ0v) is 19.5. The van der Waals surface area contributed by atoms with Gasteiger partial charge >= 0.3 is 6.18 Å². The Balaban J connectivity index is 0.00000420. The summed E-state index contributed by atoms with van der Waals surface area (Å²) >= 11 is 12.1. The van der Waals surface area contributed by atoms with E-state index in [-0.39, 0.29) is 36.4 Å². The topological polar surface area (TPSA) is 63.5 Å². The van der Waals surface area contributed by atoms with Crippen molar-refractivity contribution in [2.45, 2.75) is 26.2 Å². The van der Waals surface area contributed by atoms with Gasteiger partial charge in [0.15, 0.2) is 12.6 Å². The number of aliphatic imine (C=N–C) groups is 1. The highest BCUT2D eigenvalue weighted by molar-refractivity contribution is 14.0. The molecule has 0 atom stereocenters. The van der Waals surface area contributed by atoms with E-state index in [9.17, 15) is 13.2 Å². The van der Waals surface area contributed by atoms with Crippen molar-refractivity contribution >= 4 is 53.1 Å². The van der Waals surface area contributed by atoms with Gasteiger partial charge in [-0.3, -0.25) is 0 Å². The molecule has 2 N–H and O–H groups in total. The quantitative estimate of drug-likeness (QED) is 0.294. The number of pyridine rings is 1. The van der Waals surface area contributed by atoms with Gasteiger partial charge < -0.3 is 19.9 Å². The number of halogens is 6. The van der Waals surface area contributed by atoms with E-state index in [4.69, 9.17) is 27.9 Å². The molecule has 162 valence electrons. The predicted molar refractivity (Wildman–Crippen MR) is 118 cm³/mol. The summed E-state index contributed by atoms with van der Waals surface area (Å²) in [5.74, 6) is 0.377. The van der Waals surface area contributed by atoms with Crippen LogP contribution in [-0.2, 0) is 20.1 Å². The van der Waals surface area contributed by atoms with Crippen LogP contribution in [0.5, 0.6) is 5.88 Å². The van der Waals surface area contributed by atoms with Crippen LogP contribution in [0.2, 0.25) is 10.2 Å². The molecule has 0 aromatic carbocycles. The number of hydrogen-bond donors (Lipinski definition) is 2. The number of ether oxygens (including phenoxy) is 1. The summed E-state index contributed by atoms with van der Waals surface area (Å²) in [6, 6.07) is 4.97. The zero-order chi connectivity index (χ0) is 20.7. The summed E-state index contributed by atoms with van der Waals surface area (Å²) in [4.78, 5) is 8.24. The van der Waals surface area contributed by atoms with Crippen molar-refractivity contribution in [1.82, 2.24) is 20.2 Å². The Kier molecular flexibility index (Phi) is 10.3. The van der Waals surface area contributed by atoms with Gasteiger partial charge in [-0.1, -0.05) is 29.3 Å². The number of alkyl halides is 3. The third kappa shape index (κ3) is 8.09. The van der Waals surface area contributed by atoms with Crippen LogP contribution in [0.25, 0.3) is 0 Å². The number of guanidine groups is 1. The largest absolute Gasteiger partial charge is 0.468 e. The maximum atomic E-state index is 12.4. The second-order valence-electron chi connectivity index (χ2n) is 5.75. The van der Waals surface area contributed by atoms with E-state index in [0.29, 0.717) is 34.8 Å². The van der Waals surface area contributed by atoms with Crippen molar-refractivity contribution in [2.75, 3.05) is 13.2 Å². The Morgan fingerprint density at radius 1 is 1.31 bits per heavy atom. The first-order chi connectivity index (χ1) is 13.2. The molecule has 0 saturated heterocycles. The predicted octanol–water partition coefficient (Wildman–Crippen LogP) is 4.54. The summed E-state index contributed by atoms with van der Waals surface area (Å²) in [6.07, 6.45) is -3.07. The molecule has 0 spiro atoms. The fourth-order valence-electron chi connectivity index (χ4n) is 2.26. The lowest BCUT2D eigenvalue weighted by Gasteiger charge is -2.13. The van der Waals surface area contributed by atoms with Gasteiger partial charge in [-0.2, -0.15) is 13.2 Å². The first-order valence-corrected chi connectivity index (χ1v) is 9.12. The van der Waals surface area contributed by atoms with Gasteiger partial charge in [0.05, 0.1) is 18.1 Å². The molecule has 0 aliphatic heterocycles. The van der Waals surface area contributed by atoms with E-state index < -0.39 is 12.8 Å². The average molecular weight is 566 g/mol. The van der Waals surface area contributed by atoms with E-state index in [0.717, 1.165) is 5.69 Å². The molecule has 0 bridgehead atoms. The third-order valence-electron chi connectivity index (χ3n) is 3.63. The molecule has 0 unspecified atom stereocenters. The summed E-state index contributed by atoms with van der Waals surface area (Å²) in [5, 5.41) is 7.07. The average Bonchev–Trinajstić information content (AvgIpc) is 2.89. The molecule has 0 aliphatic carbocycles. The minimum absolute atomic E-state index is 0. The minimum Gasteiger partial charge on any atom is -0.468 e. The highest BCUT2D eigenvalue weighted by atomic mass is 127. The van der Waals surface area contributed by atoms with Crippen molar-refractivity contribution in [1.29, 1.82) is 0 Å². The van der Waals surface area contributed by atoms with Crippen LogP contribution < -0.4 is 15.4 Å². The molecule has 2 aromatic heterocycles. The monoisotopic (exact) mass is 565 g/mol. The van der Waals surface area contributed by atoms with Gasteiger partial charge in [-0.15, -0.1) is 24.0 Å². The molecule has 0 aliphatic rings. The molecule has 0 amide bonds. The second-order valence-corrected chi connectivity index (χ2v) is 6.52. The molecular weight excluding hydrogens is 545 g/mol. The molecule has 0 saturated carbocycles. The highest BCUT2D eigenvalue weighted by Gasteiger charge is 2.29. The van der Waals surface area contributed by atoms with Gasteiger partial charge in [0.25, 0.3) is 0 Å². The maximum Gasteiger partial charge on any atom is 0.422 e. The SMILES string of the molecule is CCNC(=NCc1cccnc1OCC(F)(F)F)NCc1cc(Cl)c(Cl)n1C.I. The van der Waals surface area contributed by atoms with E-state index >= 15 is 0 Å². The molecule has 29 heavy (non-hydrogen) atoms. The molecule has 6 nitrogen and oxygen atoms in total. The van der Waals surface area contributed by atoms with Crippen LogP contribution in [-0.4, -0.2) is 34.8 Å². The minimum atomic E-state index is -4.44. The third-order valence-corrected chi connectivity index (χ3v) is 4.47. The van der Waals surface area contributed by atoms with Gasteiger partial charge in [0.1, 0.15) is 5.15 Å². The van der Waals surface area contributed by atoms with Crippen LogP contribution in [0.4, 0.5) is 13.2 Å². The normalized spacial score (nSPS) is 11.8.